The lowest BCUT2D eigenvalue weighted by Crippen LogP contribution is -2.01. The lowest BCUT2D eigenvalue weighted by atomic mass is 10.7. The standard InChI is InChI=1S/C5H8N4O/c1-3-7-4(6)9-5(8-3)10-2/h1-2H3,(H2,6,7,8,9)/i2D3. The Balaban J connectivity index is 2.90. The summed E-state index contributed by atoms with van der Waals surface area (Å²) in [7, 11) is -2.57. The first kappa shape index (κ1) is 3.70. The largest absolute Gasteiger partial charge is 0.467 e. The summed E-state index contributed by atoms with van der Waals surface area (Å²) in [6.45, 7) is 1.56. The Kier molecular flexibility index (Phi) is 0.912. The lowest BCUT2D eigenvalue weighted by molar-refractivity contribution is 0.377. The second-order valence-electron chi connectivity index (χ2n) is 1.63. The first-order chi connectivity index (χ1) is 5.87. The molecule has 0 bridgehead atoms. The van der Waals surface area contributed by atoms with Crippen molar-refractivity contribution in [2.45, 2.75) is 6.92 Å². The number of hydrogen-bond donors (Lipinski definition) is 1. The maximum atomic E-state index is 6.78. The fraction of sp³-hybridized carbons (Fsp3) is 0.400. The van der Waals surface area contributed by atoms with Gasteiger partial charge in [-0.2, -0.15) is 15.0 Å². The van der Waals surface area contributed by atoms with Crippen LogP contribution >= 0.6 is 0 Å². The van der Waals surface area contributed by atoms with Crippen LogP contribution in [0.1, 0.15) is 9.94 Å². The zero-order chi connectivity index (χ0) is 10.1. The topological polar surface area (TPSA) is 73.9 Å². The molecule has 0 aliphatic heterocycles. The number of anilines is 1. The van der Waals surface area contributed by atoms with Crippen LogP contribution in [-0.4, -0.2) is 22.0 Å². The van der Waals surface area contributed by atoms with Crippen LogP contribution in [0, 0.1) is 6.92 Å². The summed E-state index contributed by atoms with van der Waals surface area (Å²) in [6, 6.07) is -0.287. The maximum Gasteiger partial charge on any atom is 0.321 e. The van der Waals surface area contributed by atoms with Crippen molar-refractivity contribution in [1.29, 1.82) is 0 Å². The summed E-state index contributed by atoms with van der Waals surface area (Å²) in [5, 5.41) is 0. The van der Waals surface area contributed by atoms with E-state index >= 15 is 0 Å². The van der Waals surface area contributed by atoms with Crippen molar-refractivity contribution in [1.82, 2.24) is 15.0 Å². The van der Waals surface area contributed by atoms with Crippen molar-refractivity contribution >= 4 is 5.95 Å². The van der Waals surface area contributed by atoms with Crippen LogP contribution in [0.5, 0.6) is 6.01 Å². The summed E-state index contributed by atoms with van der Waals surface area (Å²) in [4.78, 5) is 10.8. The average molecular weight is 143 g/mol. The van der Waals surface area contributed by atoms with Gasteiger partial charge in [0.1, 0.15) is 5.82 Å². The van der Waals surface area contributed by atoms with Crippen molar-refractivity contribution < 1.29 is 8.85 Å². The number of aromatic nitrogens is 3. The molecule has 0 amide bonds. The van der Waals surface area contributed by atoms with Crippen molar-refractivity contribution in [2.75, 3.05) is 12.8 Å². The highest BCUT2D eigenvalue weighted by molar-refractivity contribution is 5.17. The minimum atomic E-state index is -2.57. The molecule has 0 unspecified atom stereocenters. The normalized spacial score (nSPS) is 15.1. The molecule has 0 aliphatic carbocycles. The Bertz CT molecular complexity index is 293. The molecule has 1 heterocycles. The Morgan fingerprint density at radius 2 is 2.30 bits per heavy atom. The number of hydrogen-bond acceptors (Lipinski definition) is 5. The Morgan fingerprint density at radius 3 is 2.90 bits per heavy atom. The lowest BCUT2D eigenvalue weighted by Gasteiger charge is -1.97. The molecule has 1 rings (SSSR count). The van der Waals surface area contributed by atoms with Crippen LogP contribution in [-0.2, 0) is 0 Å². The van der Waals surface area contributed by atoms with Gasteiger partial charge in [0.15, 0.2) is 0 Å². The second-order valence-corrected chi connectivity index (χ2v) is 1.63. The van der Waals surface area contributed by atoms with E-state index in [0.717, 1.165) is 0 Å². The molecule has 0 radical (unpaired) electrons. The molecule has 1 aromatic rings. The summed E-state index contributed by atoms with van der Waals surface area (Å²) in [5.41, 5.74) is 5.25. The summed E-state index contributed by atoms with van der Waals surface area (Å²) in [6.07, 6.45) is 0. The molecular formula is C5H8N4O. The van der Waals surface area contributed by atoms with Crippen molar-refractivity contribution in [3.63, 3.8) is 0 Å². The Hall–Kier alpha value is -1.39. The predicted molar refractivity (Wildman–Crippen MR) is 35.5 cm³/mol. The van der Waals surface area contributed by atoms with Crippen LogP contribution in [0.2, 0.25) is 0 Å². The smallest absolute Gasteiger partial charge is 0.321 e. The molecule has 0 aromatic carbocycles. The van der Waals surface area contributed by atoms with Gasteiger partial charge in [-0.15, -0.1) is 0 Å². The molecule has 0 saturated heterocycles. The third-order valence-corrected chi connectivity index (χ3v) is 0.835. The number of nitrogen functional groups attached to an aromatic ring is 1. The van der Waals surface area contributed by atoms with Crippen molar-refractivity contribution in [3.8, 4) is 6.01 Å². The molecule has 0 atom stereocenters. The third-order valence-electron chi connectivity index (χ3n) is 0.835. The van der Waals surface area contributed by atoms with Crippen molar-refractivity contribution in [3.05, 3.63) is 5.82 Å². The van der Waals surface area contributed by atoms with Gasteiger partial charge in [0, 0.05) is 0 Å². The van der Waals surface area contributed by atoms with Gasteiger partial charge in [-0.3, -0.25) is 0 Å². The highest BCUT2D eigenvalue weighted by Gasteiger charge is 1.97. The van der Waals surface area contributed by atoms with E-state index in [1.54, 1.807) is 6.92 Å². The fourth-order valence-corrected chi connectivity index (χ4v) is 0.523. The molecule has 5 heteroatoms. The van der Waals surface area contributed by atoms with Gasteiger partial charge in [-0.1, -0.05) is 0 Å². The molecule has 0 aliphatic rings. The number of methoxy groups -OCH3 is 1. The van der Waals surface area contributed by atoms with Gasteiger partial charge in [0.05, 0.1) is 11.2 Å². The fourth-order valence-electron chi connectivity index (χ4n) is 0.523. The van der Waals surface area contributed by atoms with E-state index in [1.807, 2.05) is 0 Å². The Morgan fingerprint density at radius 1 is 1.50 bits per heavy atom. The van der Waals surface area contributed by atoms with Crippen molar-refractivity contribution in [2.24, 2.45) is 0 Å². The van der Waals surface area contributed by atoms with Gasteiger partial charge in [-0.05, 0) is 6.92 Å². The first-order valence-corrected chi connectivity index (χ1v) is 2.54. The minimum absolute atomic E-state index is 0.0632. The zero-order valence-corrected chi connectivity index (χ0v) is 5.33. The van der Waals surface area contributed by atoms with Gasteiger partial charge < -0.3 is 10.5 Å². The number of ether oxygens (including phenoxy) is 1. The minimum Gasteiger partial charge on any atom is -0.467 e. The summed E-state index contributed by atoms with van der Waals surface area (Å²) in [5.74, 6) is 0.249. The van der Waals surface area contributed by atoms with Crippen LogP contribution in [0.3, 0.4) is 0 Å². The summed E-state index contributed by atoms with van der Waals surface area (Å²) < 4.78 is 24.8. The third kappa shape index (κ3) is 1.31. The molecule has 0 spiro atoms. The number of rotatable bonds is 1. The SMILES string of the molecule is [2H]C([2H])([2H])Oc1nc(C)nc(N)n1. The van der Waals surface area contributed by atoms with Gasteiger partial charge in [0.2, 0.25) is 5.95 Å². The molecule has 54 valence electrons. The van der Waals surface area contributed by atoms with Gasteiger partial charge in [-0.25, -0.2) is 0 Å². The van der Waals surface area contributed by atoms with E-state index < -0.39 is 7.04 Å². The first-order valence-electron chi connectivity index (χ1n) is 4.04. The monoisotopic (exact) mass is 143 g/mol. The number of aryl methyl sites for hydroxylation is 1. The molecule has 0 saturated carbocycles. The van der Waals surface area contributed by atoms with E-state index in [0.29, 0.717) is 5.82 Å². The van der Waals surface area contributed by atoms with Gasteiger partial charge in [0.25, 0.3) is 0 Å². The molecule has 2 N–H and O–H groups in total. The average Bonchev–Trinajstić information content (AvgIpc) is 1.78. The molecule has 1 aromatic heterocycles. The van der Waals surface area contributed by atoms with Crippen LogP contribution in [0.4, 0.5) is 5.95 Å². The van der Waals surface area contributed by atoms with Gasteiger partial charge >= 0.3 is 6.01 Å². The molecule has 5 nitrogen and oxygen atoms in total. The second kappa shape index (κ2) is 2.47. The molecule has 10 heavy (non-hydrogen) atoms. The van der Waals surface area contributed by atoms with E-state index in [-0.39, 0.29) is 12.0 Å². The van der Waals surface area contributed by atoms with E-state index in [9.17, 15) is 0 Å². The highest BCUT2D eigenvalue weighted by Crippen LogP contribution is 2.01. The predicted octanol–water partition coefficient (Wildman–Crippen LogP) is -0.229. The number of nitrogens with two attached hydrogens (primary N) is 1. The maximum absolute atomic E-state index is 6.78. The Labute approximate surface area is 62.5 Å². The van der Waals surface area contributed by atoms with E-state index in [1.165, 1.54) is 0 Å². The highest BCUT2D eigenvalue weighted by atomic mass is 16.5. The van der Waals surface area contributed by atoms with Crippen LogP contribution in [0.15, 0.2) is 0 Å². The molecule has 0 fully saturated rings. The van der Waals surface area contributed by atoms with E-state index in [4.69, 9.17) is 9.85 Å². The van der Waals surface area contributed by atoms with Crippen LogP contribution in [0.25, 0.3) is 0 Å². The van der Waals surface area contributed by atoms with E-state index in [2.05, 4.69) is 19.7 Å². The number of nitrogens with zero attached hydrogens (tertiary/aromatic N) is 3. The molecular weight excluding hydrogens is 132 g/mol. The quantitative estimate of drug-likeness (QED) is 0.587. The zero-order valence-electron chi connectivity index (χ0n) is 8.33. The summed E-state index contributed by atoms with van der Waals surface area (Å²) >= 11 is 0. The van der Waals surface area contributed by atoms with Crippen LogP contribution < -0.4 is 10.5 Å².